The van der Waals surface area contributed by atoms with Gasteiger partial charge in [0.2, 0.25) is 0 Å². The van der Waals surface area contributed by atoms with E-state index in [1.54, 1.807) is 0 Å². The molecule has 0 aromatic heterocycles. The molecule has 1 heterocycles. The number of nitrogens with one attached hydrogen (secondary N) is 1. The van der Waals surface area contributed by atoms with Gasteiger partial charge in [-0.05, 0) is 25.3 Å². The van der Waals surface area contributed by atoms with Gasteiger partial charge in [-0.1, -0.05) is 43.7 Å². The monoisotopic (exact) mass is 246 g/mol. The van der Waals surface area contributed by atoms with Crippen molar-refractivity contribution in [2.45, 2.75) is 46.3 Å². The molecule has 0 radical (unpaired) electrons. The van der Waals surface area contributed by atoms with E-state index in [4.69, 9.17) is 0 Å². The van der Waals surface area contributed by atoms with Gasteiger partial charge in [0.15, 0.2) is 0 Å². The van der Waals surface area contributed by atoms with Gasteiger partial charge in [-0.3, -0.25) is 4.90 Å². The Morgan fingerprint density at radius 2 is 2.17 bits per heavy atom. The van der Waals surface area contributed by atoms with E-state index < -0.39 is 0 Å². The second kappa shape index (κ2) is 5.85. The van der Waals surface area contributed by atoms with Crippen molar-refractivity contribution < 1.29 is 0 Å². The summed E-state index contributed by atoms with van der Waals surface area (Å²) in [5.41, 5.74) is 2.80. The van der Waals surface area contributed by atoms with Crippen molar-refractivity contribution in [1.82, 2.24) is 10.2 Å². The number of aryl methyl sites for hydroxylation is 1. The molecular weight excluding hydrogens is 220 g/mol. The average Bonchev–Trinajstić information content (AvgIpc) is 2.28. The van der Waals surface area contributed by atoms with Gasteiger partial charge in [0.1, 0.15) is 0 Å². The first kappa shape index (κ1) is 13.6. The number of nitrogens with zero attached hydrogens (tertiary/aromatic N) is 1. The summed E-state index contributed by atoms with van der Waals surface area (Å²) >= 11 is 0. The second-order valence-electron chi connectivity index (χ2n) is 6.04. The van der Waals surface area contributed by atoms with Crippen molar-refractivity contribution in [3.63, 3.8) is 0 Å². The van der Waals surface area contributed by atoms with E-state index in [0.717, 1.165) is 19.6 Å². The highest BCUT2D eigenvalue weighted by Gasteiger charge is 2.27. The minimum atomic E-state index is 0.602. The second-order valence-corrected chi connectivity index (χ2v) is 6.04. The predicted molar refractivity (Wildman–Crippen MR) is 77.7 cm³/mol. The van der Waals surface area contributed by atoms with Crippen LogP contribution in [0.4, 0.5) is 0 Å². The molecule has 1 saturated heterocycles. The Labute approximate surface area is 111 Å². The molecule has 2 nitrogen and oxygen atoms in total. The first-order valence-corrected chi connectivity index (χ1v) is 7.09. The summed E-state index contributed by atoms with van der Waals surface area (Å²) in [6.07, 6.45) is 0. The van der Waals surface area contributed by atoms with Crippen molar-refractivity contribution in [3.8, 4) is 0 Å². The lowest BCUT2D eigenvalue weighted by Gasteiger charge is -2.41. The average molecular weight is 246 g/mol. The third-order valence-electron chi connectivity index (χ3n) is 3.89. The number of hydrogen-bond acceptors (Lipinski definition) is 2. The van der Waals surface area contributed by atoms with Crippen LogP contribution >= 0.6 is 0 Å². The smallest absolute Gasteiger partial charge is 0.0247 e. The third kappa shape index (κ3) is 3.33. The van der Waals surface area contributed by atoms with Crippen LogP contribution < -0.4 is 5.32 Å². The SMILES string of the molecule is Cc1cccc(CN2CC(C)NCC2C(C)C)c1. The standard InChI is InChI=1S/C16H26N2/c1-12(2)16-9-17-14(4)10-18(16)11-15-7-5-6-13(3)8-15/h5-8,12,14,16-17H,9-11H2,1-4H3. The minimum absolute atomic E-state index is 0.602. The molecule has 0 amide bonds. The highest BCUT2D eigenvalue weighted by atomic mass is 15.2. The van der Waals surface area contributed by atoms with Crippen molar-refractivity contribution in [1.29, 1.82) is 0 Å². The highest BCUT2D eigenvalue weighted by Crippen LogP contribution is 2.18. The van der Waals surface area contributed by atoms with Crippen molar-refractivity contribution in [3.05, 3.63) is 35.4 Å². The predicted octanol–water partition coefficient (Wildman–Crippen LogP) is 2.81. The fourth-order valence-corrected chi connectivity index (χ4v) is 2.89. The number of benzene rings is 1. The Kier molecular flexibility index (Phi) is 4.41. The van der Waals surface area contributed by atoms with Crippen LogP contribution in [-0.4, -0.2) is 30.1 Å². The van der Waals surface area contributed by atoms with Gasteiger partial charge in [-0.2, -0.15) is 0 Å². The summed E-state index contributed by atoms with van der Waals surface area (Å²) in [4.78, 5) is 2.64. The maximum absolute atomic E-state index is 3.60. The Bertz CT molecular complexity index is 386. The Balaban J connectivity index is 2.08. The Morgan fingerprint density at radius 3 is 2.83 bits per heavy atom. The summed E-state index contributed by atoms with van der Waals surface area (Å²) in [6.45, 7) is 12.4. The van der Waals surface area contributed by atoms with Crippen LogP contribution in [0.2, 0.25) is 0 Å². The lowest BCUT2D eigenvalue weighted by Crippen LogP contribution is -2.56. The molecule has 2 atom stereocenters. The van der Waals surface area contributed by atoms with Crippen LogP contribution in [0.15, 0.2) is 24.3 Å². The topological polar surface area (TPSA) is 15.3 Å². The largest absolute Gasteiger partial charge is 0.311 e. The molecule has 1 aliphatic heterocycles. The summed E-state index contributed by atoms with van der Waals surface area (Å²) in [6, 6.07) is 10.2. The van der Waals surface area contributed by atoms with E-state index in [2.05, 4.69) is 62.2 Å². The zero-order chi connectivity index (χ0) is 13.1. The molecule has 0 saturated carbocycles. The van der Waals surface area contributed by atoms with Gasteiger partial charge in [0.25, 0.3) is 0 Å². The van der Waals surface area contributed by atoms with Crippen LogP contribution in [0.5, 0.6) is 0 Å². The molecule has 1 aromatic carbocycles. The minimum Gasteiger partial charge on any atom is -0.311 e. The van der Waals surface area contributed by atoms with Gasteiger partial charge in [0.05, 0.1) is 0 Å². The maximum atomic E-state index is 3.60. The number of hydrogen-bond donors (Lipinski definition) is 1. The van der Waals surface area contributed by atoms with Crippen molar-refractivity contribution in [2.24, 2.45) is 5.92 Å². The molecule has 2 unspecified atom stereocenters. The fourth-order valence-electron chi connectivity index (χ4n) is 2.89. The van der Waals surface area contributed by atoms with Crippen LogP contribution in [0.3, 0.4) is 0 Å². The van der Waals surface area contributed by atoms with Gasteiger partial charge < -0.3 is 5.32 Å². The van der Waals surface area contributed by atoms with Crippen LogP contribution in [-0.2, 0) is 6.54 Å². The summed E-state index contributed by atoms with van der Waals surface area (Å²) < 4.78 is 0. The van der Waals surface area contributed by atoms with E-state index in [-0.39, 0.29) is 0 Å². The molecule has 0 aliphatic carbocycles. The van der Waals surface area contributed by atoms with Crippen molar-refractivity contribution in [2.75, 3.05) is 13.1 Å². The molecule has 1 N–H and O–H groups in total. The Hall–Kier alpha value is -0.860. The quantitative estimate of drug-likeness (QED) is 0.882. The first-order valence-electron chi connectivity index (χ1n) is 7.09. The maximum Gasteiger partial charge on any atom is 0.0247 e. The summed E-state index contributed by atoms with van der Waals surface area (Å²) in [7, 11) is 0. The first-order chi connectivity index (χ1) is 8.56. The summed E-state index contributed by atoms with van der Waals surface area (Å²) in [5.74, 6) is 0.704. The Morgan fingerprint density at radius 1 is 1.39 bits per heavy atom. The molecule has 1 aliphatic rings. The molecule has 2 heteroatoms. The lowest BCUT2D eigenvalue weighted by atomic mass is 9.98. The molecule has 1 aromatic rings. The van der Waals surface area contributed by atoms with Gasteiger partial charge >= 0.3 is 0 Å². The van der Waals surface area contributed by atoms with E-state index in [0.29, 0.717) is 18.0 Å². The normalized spacial score (nSPS) is 25.6. The fraction of sp³-hybridized carbons (Fsp3) is 0.625. The molecule has 1 fully saturated rings. The number of piperazine rings is 1. The van der Waals surface area contributed by atoms with E-state index in [1.165, 1.54) is 11.1 Å². The van der Waals surface area contributed by atoms with Crippen LogP contribution in [0.25, 0.3) is 0 Å². The van der Waals surface area contributed by atoms with Crippen LogP contribution in [0, 0.1) is 12.8 Å². The van der Waals surface area contributed by atoms with Gasteiger partial charge in [-0.15, -0.1) is 0 Å². The highest BCUT2D eigenvalue weighted by molar-refractivity contribution is 5.22. The van der Waals surface area contributed by atoms with Crippen LogP contribution in [0.1, 0.15) is 31.9 Å². The molecule has 100 valence electrons. The zero-order valence-corrected chi connectivity index (χ0v) is 12.1. The van der Waals surface area contributed by atoms with E-state index >= 15 is 0 Å². The zero-order valence-electron chi connectivity index (χ0n) is 12.1. The lowest BCUT2D eigenvalue weighted by molar-refractivity contribution is 0.0956. The van der Waals surface area contributed by atoms with E-state index in [1.807, 2.05) is 0 Å². The van der Waals surface area contributed by atoms with E-state index in [9.17, 15) is 0 Å². The molecule has 0 bridgehead atoms. The molecule has 2 rings (SSSR count). The number of rotatable bonds is 3. The summed E-state index contributed by atoms with van der Waals surface area (Å²) in [5, 5.41) is 3.60. The molecule has 0 spiro atoms. The van der Waals surface area contributed by atoms with Gasteiger partial charge in [0, 0.05) is 31.7 Å². The van der Waals surface area contributed by atoms with Crippen molar-refractivity contribution >= 4 is 0 Å². The molecule has 18 heavy (non-hydrogen) atoms. The molecular formula is C16H26N2. The van der Waals surface area contributed by atoms with Gasteiger partial charge in [-0.25, -0.2) is 0 Å². The third-order valence-corrected chi connectivity index (χ3v) is 3.89.